The minimum absolute atomic E-state index is 0.691. The molecule has 0 saturated heterocycles. The Hall–Kier alpha value is -1.09. The number of aryl methyl sites for hydroxylation is 1. The van der Waals surface area contributed by atoms with Crippen LogP contribution in [0.4, 0.5) is 5.82 Å². The molecule has 3 nitrogen and oxygen atoms in total. The summed E-state index contributed by atoms with van der Waals surface area (Å²) >= 11 is 0. The van der Waals surface area contributed by atoms with Crippen LogP contribution in [0.5, 0.6) is 0 Å². The van der Waals surface area contributed by atoms with E-state index in [9.17, 15) is 0 Å². The van der Waals surface area contributed by atoms with Crippen molar-refractivity contribution in [2.24, 2.45) is 11.8 Å². The molecule has 0 radical (unpaired) electrons. The van der Waals surface area contributed by atoms with E-state index in [4.69, 9.17) is 4.98 Å². The van der Waals surface area contributed by atoms with Crippen molar-refractivity contribution in [2.75, 3.05) is 25.0 Å². The van der Waals surface area contributed by atoms with Crippen molar-refractivity contribution in [3.8, 4) is 0 Å². The molecule has 1 saturated carbocycles. The van der Waals surface area contributed by atoms with Gasteiger partial charge < -0.3 is 10.2 Å². The lowest BCUT2D eigenvalue weighted by molar-refractivity contribution is 0.321. The van der Waals surface area contributed by atoms with Gasteiger partial charge in [-0.1, -0.05) is 26.3 Å². The molecule has 1 aliphatic rings. The van der Waals surface area contributed by atoms with Crippen LogP contribution in [0.1, 0.15) is 44.4 Å². The summed E-state index contributed by atoms with van der Waals surface area (Å²) in [5.74, 6) is 2.69. The number of nitrogens with zero attached hydrogens (tertiary/aromatic N) is 2. The highest BCUT2D eigenvalue weighted by Gasteiger charge is 2.19. The van der Waals surface area contributed by atoms with Crippen molar-refractivity contribution in [1.29, 1.82) is 0 Å². The summed E-state index contributed by atoms with van der Waals surface area (Å²) in [4.78, 5) is 7.08. The van der Waals surface area contributed by atoms with Crippen molar-refractivity contribution >= 4 is 5.82 Å². The van der Waals surface area contributed by atoms with Gasteiger partial charge in [-0.15, -0.1) is 0 Å². The first-order valence-electron chi connectivity index (χ1n) is 7.94. The smallest absolute Gasteiger partial charge is 0.128 e. The van der Waals surface area contributed by atoms with Crippen LogP contribution < -0.4 is 10.2 Å². The lowest BCUT2D eigenvalue weighted by Crippen LogP contribution is -2.30. The molecule has 2 rings (SSSR count). The summed E-state index contributed by atoms with van der Waals surface area (Å²) in [5.41, 5.74) is 2.46. The first kappa shape index (κ1) is 15.3. The number of aromatic nitrogens is 1. The maximum atomic E-state index is 4.77. The Kier molecular flexibility index (Phi) is 5.41. The number of nitrogens with one attached hydrogen (secondary N) is 1. The van der Waals surface area contributed by atoms with Gasteiger partial charge in [-0.2, -0.15) is 0 Å². The fourth-order valence-electron chi connectivity index (χ4n) is 2.63. The molecule has 1 fully saturated rings. The highest BCUT2D eigenvalue weighted by atomic mass is 15.2. The predicted molar refractivity (Wildman–Crippen MR) is 86.1 cm³/mol. The normalized spacial score (nSPS) is 15.4. The van der Waals surface area contributed by atoms with Crippen molar-refractivity contribution in [1.82, 2.24) is 10.3 Å². The van der Waals surface area contributed by atoms with Crippen LogP contribution in [-0.4, -0.2) is 25.1 Å². The average molecular weight is 275 g/mol. The van der Waals surface area contributed by atoms with E-state index in [-0.39, 0.29) is 0 Å². The molecule has 1 heterocycles. The molecule has 1 aromatic heterocycles. The van der Waals surface area contributed by atoms with Gasteiger partial charge in [-0.25, -0.2) is 4.98 Å². The largest absolute Gasteiger partial charge is 0.359 e. The number of hydrogen-bond acceptors (Lipinski definition) is 3. The van der Waals surface area contributed by atoms with Crippen molar-refractivity contribution in [3.63, 3.8) is 0 Å². The summed E-state index contributed by atoms with van der Waals surface area (Å²) in [5, 5.41) is 3.49. The molecule has 0 aromatic carbocycles. The first-order valence-corrected chi connectivity index (χ1v) is 7.94. The van der Waals surface area contributed by atoms with E-state index >= 15 is 0 Å². The SMILES string of the molecule is Cc1nc(N(C)CC2CCC2)ccc1CNCC(C)C. The standard InChI is InChI=1S/C17H29N3/c1-13(2)10-18-11-16-8-9-17(19-14(16)3)20(4)12-15-6-5-7-15/h8-9,13,15,18H,5-7,10-12H2,1-4H3. The Morgan fingerprint density at radius 1 is 1.35 bits per heavy atom. The van der Waals surface area contributed by atoms with E-state index in [1.165, 1.54) is 24.8 Å². The third-order valence-corrected chi connectivity index (χ3v) is 4.20. The fraction of sp³-hybridized carbons (Fsp3) is 0.706. The third-order valence-electron chi connectivity index (χ3n) is 4.20. The lowest BCUT2D eigenvalue weighted by Gasteiger charge is -2.31. The van der Waals surface area contributed by atoms with Gasteiger partial charge in [-0.05, 0) is 49.8 Å². The minimum atomic E-state index is 0.691. The van der Waals surface area contributed by atoms with Gasteiger partial charge >= 0.3 is 0 Å². The molecule has 0 aliphatic heterocycles. The van der Waals surface area contributed by atoms with Gasteiger partial charge in [0.1, 0.15) is 5.82 Å². The summed E-state index contributed by atoms with van der Waals surface area (Å²) in [7, 11) is 2.16. The lowest BCUT2D eigenvalue weighted by atomic mass is 9.85. The van der Waals surface area contributed by atoms with Crippen LogP contribution in [0.2, 0.25) is 0 Å². The number of hydrogen-bond donors (Lipinski definition) is 1. The van der Waals surface area contributed by atoms with E-state index in [0.717, 1.165) is 37.1 Å². The van der Waals surface area contributed by atoms with Gasteiger partial charge in [0.15, 0.2) is 0 Å². The summed E-state index contributed by atoms with van der Waals surface area (Å²) in [6.07, 6.45) is 4.19. The van der Waals surface area contributed by atoms with Gasteiger partial charge in [0.25, 0.3) is 0 Å². The van der Waals surface area contributed by atoms with Crippen molar-refractivity contribution in [3.05, 3.63) is 23.4 Å². The van der Waals surface area contributed by atoms with Crippen LogP contribution in [0.25, 0.3) is 0 Å². The van der Waals surface area contributed by atoms with E-state index in [1.54, 1.807) is 0 Å². The Labute approximate surface area is 123 Å². The molecule has 1 N–H and O–H groups in total. The maximum Gasteiger partial charge on any atom is 0.128 e. The Morgan fingerprint density at radius 2 is 2.10 bits per heavy atom. The first-order chi connectivity index (χ1) is 9.56. The topological polar surface area (TPSA) is 28.2 Å². The highest BCUT2D eigenvalue weighted by Crippen LogP contribution is 2.28. The van der Waals surface area contributed by atoms with Crippen molar-refractivity contribution < 1.29 is 0 Å². The molecule has 0 unspecified atom stereocenters. The molecule has 0 amide bonds. The average Bonchev–Trinajstić information content (AvgIpc) is 2.35. The molecular weight excluding hydrogens is 246 g/mol. The molecule has 1 aromatic rings. The van der Waals surface area contributed by atoms with E-state index in [2.05, 4.69) is 50.2 Å². The Bertz CT molecular complexity index is 424. The van der Waals surface area contributed by atoms with Crippen LogP contribution >= 0.6 is 0 Å². The van der Waals surface area contributed by atoms with Crippen LogP contribution in [0.3, 0.4) is 0 Å². The molecular formula is C17H29N3. The summed E-state index contributed by atoms with van der Waals surface area (Å²) < 4.78 is 0. The Morgan fingerprint density at radius 3 is 2.65 bits per heavy atom. The van der Waals surface area contributed by atoms with Gasteiger partial charge in [0, 0.05) is 25.8 Å². The molecule has 3 heteroatoms. The summed E-state index contributed by atoms with van der Waals surface area (Å²) in [6, 6.07) is 4.39. The van der Waals surface area contributed by atoms with Gasteiger partial charge in [0.2, 0.25) is 0 Å². The van der Waals surface area contributed by atoms with Crippen LogP contribution in [0.15, 0.2) is 12.1 Å². The fourth-order valence-corrected chi connectivity index (χ4v) is 2.63. The van der Waals surface area contributed by atoms with E-state index in [0.29, 0.717) is 5.92 Å². The molecule has 1 aliphatic carbocycles. The monoisotopic (exact) mass is 275 g/mol. The molecule has 0 bridgehead atoms. The zero-order chi connectivity index (χ0) is 14.5. The predicted octanol–water partition coefficient (Wildman–Crippen LogP) is 3.37. The molecule has 0 spiro atoms. The summed E-state index contributed by atoms with van der Waals surface area (Å²) in [6.45, 7) is 9.71. The van der Waals surface area contributed by atoms with E-state index in [1.807, 2.05) is 0 Å². The van der Waals surface area contributed by atoms with Crippen LogP contribution in [0, 0.1) is 18.8 Å². The molecule has 112 valence electrons. The van der Waals surface area contributed by atoms with Gasteiger partial charge in [0.05, 0.1) is 0 Å². The van der Waals surface area contributed by atoms with Crippen molar-refractivity contribution in [2.45, 2.75) is 46.6 Å². The minimum Gasteiger partial charge on any atom is -0.359 e. The Balaban J connectivity index is 1.90. The quantitative estimate of drug-likeness (QED) is 0.827. The highest BCUT2D eigenvalue weighted by molar-refractivity contribution is 5.41. The number of rotatable bonds is 7. The second-order valence-electron chi connectivity index (χ2n) is 6.62. The zero-order valence-corrected chi connectivity index (χ0v) is 13.4. The van der Waals surface area contributed by atoms with Crippen LogP contribution in [-0.2, 0) is 6.54 Å². The second kappa shape index (κ2) is 7.07. The molecule has 20 heavy (non-hydrogen) atoms. The number of anilines is 1. The maximum absolute atomic E-state index is 4.77. The van der Waals surface area contributed by atoms with E-state index < -0.39 is 0 Å². The number of pyridine rings is 1. The second-order valence-corrected chi connectivity index (χ2v) is 6.62. The van der Waals surface area contributed by atoms with Gasteiger partial charge in [-0.3, -0.25) is 0 Å². The zero-order valence-electron chi connectivity index (χ0n) is 13.4. The molecule has 0 atom stereocenters. The third kappa shape index (κ3) is 4.20.